The minimum atomic E-state index is -4.20. The Morgan fingerprint density at radius 3 is 1.44 bits per heavy atom. The molecule has 0 aliphatic rings. The average molecular weight is 553 g/mol. The van der Waals surface area contributed by atoms with Crippen molar-refractivity contribution >= 4 is 61.2 Å². The lowest BCUT2D eigenvalue weighted by Gasteiger charge is -2.19. The molecule has 0 aromatic carbocycles. The number of ketones is 1. The van der Waals surface area contributed by atoms with Crippen LogP contribution >= 0.6 is 23.5 Å². The van der Waals surface area contributed by atoms with Crippen LogP contribution in [0.15, 0.2) is 24.8 Å². The number of anilines is 2. The van der Waals surface area contributed by atoms with Crippen molar-refractivity contribution in [2.45, 2.75) is 23.3 Å². The van der Waals surface area contributed by atoms with Crippen LogP contribution in [-0.2, 0) is 25.0 Å². The Bertz CT molecular complexity index is 1100. The Hall–Kier alpha value is -2.05. The number of rotatable bonds is 14. The van der Waals surface area contributed by atoms with Crippen LogP contribution in [0.2, 0.25) is 0 Å². The van der Waals surface area contributed by atoms with Crippen molar-refractivity contribution in [3.05, 3.63) is 36.2 Å². The maximum absolute atomic E-state index is 13.0. The zero-order valence-corrected chi connectivity index (χ0v) is 21.0. The second kappa shape index (κ2) is 12.6. The monoisotopic (exact) mass is 552 g/mol. The number of aromatic nitrogens is 4. The van der Waals surface area contributed by atoms with Crippen LogP contribution in [0.5, 0.6) is 0 Å². The summed E-state index contributed by atoms with van der Waals surface area (Å²) in [4.78, 5) is 29.2. The first-order chi connectivity index (χ1) is 15.9. The Kier molecular flexibility index (Phi) is 10.4. The number of Topliss-reactive ketones (excluding diaryl/α,β-unsaturated/α-hetero) is 1. The van der Waals surface area contributed by atoms with E-state index in [2.05, 4.69) is 19.9 Å². The molecule has 0 radical (unpaired) electrons. The summed E-state index contributed by atoms with van der Waals surface area (Å²) in [5.41, 5.74) is 12.4. The van der Waals surface area contributed by atoms with Gasteiger partial charge in [0.2, 0.25) is 0 Å². The number of nitrogens with zero attached hydrogens (tertiary/aromatic N) is 4. The van der Waals surface area contributed by atoms with E-state index in [1.165, 1.54) is 24.8 Å². The highest BCUT2D eigenvalue weighted by Crippen LogP contribution is 2.38. The van der Waals surface area contributed by atoms with Crippen LogP contribution in [0.1, 0.15) is 34.7 Å². The van der Waals surface area contributed by atoms with Crippen LogP contribution in [0.4, 0.5) is 11.6 Å². The van der Waals surface area contributed by atoms with E-state index in [1.807, 2.05) is 0 Å². The van der Waals surface area contributed by atoms with Gasteiger partial charge in [0.1, 0.15) is 17.4 Å². The van der Waals surface area contributed by atoms with Gasteiger partial charge in [-0.1, -0.05) is 0 Å². The van der Waals surface area contributed by atoms with Crippen LogP contribution < -0.4 is 11.5 Å². The quantitative estimate of drug-likeness (QED) is 0.237. The van der Waals surface area contributed by atoms with E-state index in [0.29, 0.717) is 11.4 Å². The molecule has 0 bridgehead atoms. The molecule has 2 atom stereocenters. The lowest BCUT2D eigenvalue weighted by atomic mass is 10.1. The molecule has 17 heteroatoms. The van der Waals surface area contributed by atoms with Gasteiger partial charge in [-0.2, -0.15) is 40.4 Å². The van der Waals surface area contributed by atoms with E-state index in [0.717, 1.165) is 23.5 Å². The summed E-state index contributed by atoms with van der Waals surface area (Å²) in [6, 6.07) is 0. The number of nitrogens with two attached hydrogens (primary N) is 2. The lowest BCUT2D eigenvalue weighted by Crippen LogP contribution is -2.15. The number of hydrogen-bond donors (Lipinski definition) is 4. The van der Waals surface area contributed by atoms with E-state index in [9.17, 15) is 21.6 Å². The summed E-state index contributed by atoms with van der Waals surface area (Å²) in [5.74, 6) is -1.20. The van der Waals surface area contributed by atoms with Crippen LogP contribution in [0, 0.1) is 0 Å². The fourth-order valence-electron chi connectivity index (χ4n) is 2.77. The van der Waals surface area contributed by atoms with E-state index in [1.54, 1.807) is 0 Å². The average Bonchev–Trinajstić information content (AvgIpc) is 2.71. The highest BCUT2D eigenvalue weighted by molar-refractivity contribution is 8.00. The standard InChI is InChI=1S/C17H24N6O7S4/c18-16-14(20-1-3-22-16)12(31-5-7-33(25,26)27)9-11(24)10-13(32-6-8-34(28,29)30)15-17(19)23-4-2-21-15/h1-4,12-13H,5-10H2,(H2,18,22)(H2,19,23)(H,25,26,27)(H,28,29,30). The minimum absolute atomic E-state index is 0.0174. The molecule has 34 heavy (non-hydrogen) atoms. The van der Waals surface area contributed by atoms with Crippen LogP contribution in [-0.4, -0.2) is 74.7 Å². The van der Waals surface area contributed by atoms with Crippen molar-refractivity contribution in [3.8, 4) is 0 Å². The number of carbonyl (C=O) groups is 1. The molecule has 0 aliphatic heterocycles. The number of carbonyl (C=O) groups excluding carboxylic acids is 1. The molecule has 2 heterocycles. The topological polar surface area (TPSA) is 229 Å². The van der Waals surface area contributed by atoms with Crippen LogP contribution in [0.3, 0.4) is 0 Å². The molecule has 13 nitrogen and oxygen atoms in total. The van der Waals surface area contributed by atoms with Crippen LogP contribution in [0.25, 0.3) is 0 Å². The van der Waals surface area contributed by atoms with Crippen molar-refractivity contribution in [2.75, 3.05) is 34.5 Å². The fraction of sp³-hybridized carbons (Fsp3) is 0.471. The molecule has 2 unspecified atom stereocenters. The molecule has 0 saturated heterocycles. The van der Waals surface area contributed by atoms with Gasteiger partial charge in [0, 0.05) is 49.1 Å². The summed E-state index contributed by atoms with van der Waals surface area (Å²) < 4.78 is 62.3. The Morgan fingerprint density at radius 1 is 0.765 bits per heavy atom. The van der Waals surface area contributed by atoms with Crippen molar-refractivity contribution in [1.29, 1.82) is 0 Å². The predicted molar refractivity (Wildman–Crippen MR) is 130 cm³/mol. The summed E-state index contributed by atoms with van der Waals surface area (Å²) in [6.45, 7) is 0. The minimum Gasteiger partial charge on any atom is -0.382 e. The van der Waals surface area contributed by atoms with Gasteiger partial charge >= 0.3 is 0 Å². The molecule has 0 amide bonds. The molecule has 6 N–H and O–H groups in total. The molecule has 2 aromatic rings. The van der Waals surface area contributed by atoms with E-state index in [-0.39, 0.29) is 41.8 Å². The van der Waals surface area contributed by atoms with Gasteiger partial charge < -0.3 is 11.5 Å². The highest BCUT2D eigenvalue weighted by Gasteiger charge is 2.26. The Balaban J connectivity index is 2.19. The van der Waals surface area contributed by atoms with Gasteiger partial charge in [0.15, 0.2) is 0 Å². The van der Waals surface area contributed by atoms with Gasteiger partial charge in [-0.15, -0.1) is 0 Å². The van der Waals surface area contributed by atoms with Gasteiger partial charge in [-0.25, -0.2) is 9.97 Å². The maximum Gasteiger partial charge on any atom is 0.265 e. The zero-order chi connectivity index (χ0) is 25.4. The third-order valence-corrected chi connectivity index (χ3v) is 8.69. The molecule has 188 valence electrons. The summed E-state index contributed by atoms with van der Waals surface area (Å²) in [7, 11) is -8.40. The second-order valence-corrected chi connectivity index (χ2v) is 12.7. The van der Waals surface area contributed by atoms with E-state index >= 15 is 0 Å². The summed E-state index contributed by atoms with van der Waals surface area (Å²) >= 11 is 2.15. The summed E-state index contributed by atoms with van der Waals surface area (Å²) in [5, 5.41) is -1.30. The molecule has 0 fully saturated rings. The van der Waals surface area contributed by atoms with Gasteiger partial charge in [-0.05, 0) is 0 Å². The smallest absolute Gasteiger partial charge is 0.265 e. The largest absolute Gasteiger partial charge is 0.382 e. The molecule has 2 aromatic heterocycles. The number of hydrogen-bond acceptors (Lipinski definition) is 13. The SMILES string of the molecule is Nc1nccnc1C(CC(=O)CC(SCCS(=O)(=O)O)c1nccnc1N)SCCS(=O)(=O)O. The molecule has 2 rings (SSSR count). The first kappa shape index (κ1) is 28.2. The zero-order valence-electron chi connectivity index (χ0n) is 17.7. The van der Waals surface area contributed by atoms with Crippen molar-refractivity contribution in [3.63, 3.8) is 0 Å². The number of thioether (sulfide) groups is 2. The highest BCUT2D eigenvalue weighted by atomic mass is 32.2. The number of nitrogen functional groups attached to an aromatic ring is 2. The predicted octanol–water partition coefficient (Wildman–Crippen LogP) is 0.805. The van der Waals surface area contributed by atoms with Crippen molar-refractivity contribution < 1.29 is 30.7 Å². The third-order valence-electron chi connectivity index (χ3n) is 4.27. The molecular formula is C17H24N6O7S4. The normalized spacial score (nSPS) is 13.9. The lowest BCUT2D eigenvalue weighted by molar-refractivity contribution is -0.119. The first-order valence-electron chi connectivity index (χ1n) is 9.63. The summed E-state index contributed by atoms with van der Waals surface area (Å²) in [6.07, 6.45) is 5.32. The Morgan fingerprint density at radius 2 is 1.12 bits per heavy atom. The molecule has 0 aliphatic carbocycles. The van der Waals surface area contributed by atoms with E-state index < -0.39 is 42.2 Å². The van der Waals surface area contributed by atoms with Gasteiger partial charge in [0.05, 0.1) is 33.4 Å². The molecule has 0 spiro atoms. The van der Waals surface area contributed by atoms with Crippen molar-refractivity contribution in [1.82, 2.24) is 19.9 Å². The van der Waals surface area contributed by atoms with Crippen molar-refractivity contribution in [2.24, 2.45) is 0 Å². The molecular weight excluding hydrogens is 528 g/mol. The van der Waals surface area contributed by atoms with Gasteiger partial charge in [-0.3, -0.25) is 23.9 Å². The second-order valence-electron chi connectivity index (χ2n) is 6.89. The molecule has 0 saturated carbocycles. The third kappa shape index (κ3) is 10.1. The fourth-order valence-corrected chi connectivity index (χ4v) is 7.08. The van der Waals surface area contributed by atoms with Gasteiger partial charge in [0.25, 0.3) is 20.2 Å². The first-order valence-corrected chi connectivity index (χ1v) is 15.0. The van der Waals surface area contributed by atoms with E-state index in [4.69, 9.17) is 20.6 Å². The maximum atomic E-state index is 13.0. The Labute approximate surface area is 205 Å².